The Balaban J connectivity index is 2.42. The molecule has 0 saturated carbocycles. The van der Waals surface area contributed by atoms with Gasteiger partial charge in [-0.25, -0.2) is 18.5 Å². The van der Waals surface area contributed by atoms with Gasteiger partial charge in [-0.1, -0.05) is 17.5 Å². The number of H-pyrrole nitrogens is 1. The van der Waals surface area contributed by atoms with Gasteiger partial charge in [-0.3, -0.25) is 18.9 Å². The highest BCUT2D eigenvalue weighted by Gasteiger charge is 2.58. The summed E-state index contributed by atoms with van der Waals surface area (Å²) in [6.07, 6.45) is -4.44. The Hall–Kier alpha value is -1.21. The van der Waals surface area contributed by atoms with Gasteiger partial charge in [0.2, 0.25) is 5.82 Å². The Kier molecular flexibility index (Phi) is 9.13. The largest absolute Gasteiger partial charge is 0.490 e. The zero-order valence-electron chi connectivity index (χ0n) is 17.5. The molecule has 1 aliphatic heterocycles. The molecule has 0 spiro atoms. The maximum atomic E-state index is 13.9. The lowest BCUT2D eigenvalue weighted by atomic mass is 9.87. The quantitative estimate of drug-likeness (QED) is 0.126. The zero-order valence-corrected chi connectivity index (χ0v) is 21.0. The first-order valence-corrected chi connectivity index (χ1v) is 14.0. The van der Waals surface area contributed by atoms with E-state index >= 15 is 0 Å². The minimum atomic E-state index is -5.82. The molecule has 198 valence electrons. The van der Waals surface area contributed by atoms with Gasteiger partial charge < -0.3 is 29.4 Å². The monoisotopic (exact) mass is 586 g/mol. The summed E-state index contributed by atoms with van der Waals surface area (Å²) in [6.45, 7) is 1.53. The number of phosphoric ester groups is 1. The minimum Gasteiger partial charge on any atom is -0.396 e. The second kappa shape index (κ2) is 10.6. The number of ether oxygens (including phenoxy) is 1. The van der Waals surface area contributed by atoms with Crippen LogP contribution in [0.5, 0.6) is 0 Å². The topological polar surface area (TPSA) is 244 Å². The second-order valence-corrected chi connectivity index (χ2v) is 11.9. The maximum Gasteiger partial charge on any atom is 0.490 e. The fraction of sp³-hybridized carbons (Fsp3) is 0.571. The molecule has 1 fully saturated rings. The number of hydrogen-bond acceptors (Lipinski definition) is 10. The van der Waals surface area contributed by atoms with Crippen molar-refractivity contribution >= 4 is 35.1 Å². The average Bonchev–Trinajstić information content (AvgIpc) is 2.93. The van der Waals surface area contributed by atoms with E-state index in [1.54, 1.807) is 4.98 Å². The second-order valence-electron chi connectivity index (χ2n) is 6.93. The minimum absolute atomic E-state index is 0.462. The fourth-order valence-electron chi connectivity index (χ4n) is 3.26. The number of phosphoric acid groups is 3. The van der Waals surface area contributed by atoms with Crippen LogP contribution in [-0.2, 0) is 31.6 Å². The van der Waals surface area contributed by atoms with Gasteiger partial charge in [-0.2, -0.15) is 13.0 Å². The van der Waals surface area contributed by atoms with E-state index in [4.69, 9.17) is 30.6 Å². The van der Waals surface area contributed by atoms with Crippen molar-refractivity contribution in [2.75, 3.05) is 6.61 Å². The number of aliphatic hydroxyl groups excluding tert-OH is 1. The van der Waals surface area contributed by atoms with Crippen molar-refractivity contribution in [2.45, 2.75) is 37.2 Å². The van der Waals surface area contributed by atoms with Gasteiger partial charge in [0.25, 0.3) is 5.56 Å². The average molecular weight is 587 g/mol. The van der Waals surface area contributed by atoms with E-state index in [1.807, 2.05) is 0 Å². The molecular weight excluding hydrogens is 568 g/mol. The molecule has 1 saturated heterocycles. The van der Waals surface area contributed by atoms with E-state index in [1.165, 1.54) is 6.92 Å². The van der Waals surface area contributed by atoms with Crippen LogP contribution in [0.3, 0.4) is 0 Å². The van der Waals surface area contributed by atoms with Gasteiger partial charge in [0, 0.05) is 5.92 Å². The number of aromatic nitrogens is 2. The molecular formula is C14H19ClFN2O14P3. The molecule has 1 aromatic heterocycles. The number of hydrogen-bond donors (Lipinski definition) is 6. The number of rotatable bonds is 9. The van der Waals surface area contributed by atoms with Crippen LogP contribution in [0.1, 0.15) is 20.1 Å². The summed E-state index contributed by atoms with van der Waals surface area (Å²) in [4.78, 5) is 59.5. The van der Waals surface area contributed by atoms with Crippen LogP contribution in [0.2, 0.25) is 0 Å². The molecule has 0 bridgehead atoms. The van der Waals surface area contributed by atoms with Crippen molar-refractivity contribution in [3.63, 3.8) is 0 Å². The molecule has 6 N–H and O–H groups in total. The van der Waals surface area contributed by atoms with Crippen LogP contribution in [-0.4, -0.2) is 57.9 Å². The lowest BCUT2D eigenvalue weighted by Crippen LogP contribution is -2.44. The third-order valence-electron chi connectivity index (χ3n) is 4.45. The lowest BCUT2D eigenvalue weighted by molar-refractivity contribution is -0.0669. The lowest BCUT2D eigenvalue weighted by Gasteiger charge is -2.29. The zero-order chi connectivity index (χ0) is 27.0. The molecule has 1 aromatic rings. The van der Waals surface area contributed by atoms with Crippen molar-refractivity contribution in [3.8, 4) is 11.8 Å². The molecule has 1 aliphatic rings. The Morgan fingerprint density at radius 2 is 1.86 bits per heavy atom. The van der Waals surface area contributed by atoms with E-state index < -0.39 is 76.4 Å². The Morgan fingerprint density at radius 3 is 2.37 bits per heavy atom. The number of aliphatic hydroxyl groups is 1. The summed E-state index contributed by atoms with van der Waals surface area (Å²) < 4.78 is 66.4. The SMILES string of the molecule is CC#CC1(Cl)C(CO)[C@@H]([C@H](C)OP(=O)(O)OP(=O)(O)OP(=O)(O)O)O[C@H]1n1cc(F)c(=O)[nH]c1=O. The molecule has 21 heteroatoms. The van der Waals surface area contributed by atoms with Crippen LogP contribution in [0.25, 0.3) is 0 Å². The number of alkyl halides is 1. The highest BCUT2D eigenvalue weighted by molar-refractivity contribution is 7.66. The highest BCUT2D eigenvalue weighted by atomic mass is 35.5. The van der Waals surface area contributed by atoms with E-state index in [0.29, 0.717) is 10.8 Å². The Morgan fingerprint density at radius 1 is 1.26 bits per heavy atom. The smallest absolute Gasteiger partial charge is 0.396 e. The number of aromatic amines is 1. The predicted molar refractivity (Wildman–Crippen MR) is 112 cm³/mol. The Bertz CT molecular complexity index is 1290. The van der Waals surface area contributed by atoms with Crippen LogP contribution < -0.4 is 11.2 Å². The number of halogens is 2. The normalized spacial score (nSPS) is 29.0. The number of nitrogens with one attached hydrogen (secondary N) is 1. The van der Waals surface area contributed by atoms with Gasteiger partial charge in [0.15, 0.2) is 11.1 Å². The standard InChI is InChI=1S/C14H19ClFN2O14P3/c1-3-4-14(15)8(6-19)10(29-12(14)18-5-9(16)11(20)17-13(18)21)7(2)30-34(25,26)32-35(27,28)31-33(22,23)24/h5,7-8,10,12,19H,6H2,1-2H3,(H,25,26)(H,27,28)(H,17,20,21)(H2,22,23,24)/t7-,8?,10+,12+,14?/m0/s1. The van der Waals surface area contributed by atoms with Gasteiger partial charge in [-0.05, 0) is 13.8 Å². The third-order valence-corrected chi connectivity index (χ3v) is 8.94. The fourth-order valence-corrected chi connectivity index (χ4v) is 6.90. The van der Waals surface area contributed by atoms with E-state index in [0.717, 1.165) is 6.92 Å². The van der Waals surface area contributed by atoms with Crippen molar-refractivity contribution in [2.24, 2.45) is 5.92 Å². The first-order chi connectivity index (χ1) is 15.9. The van der Waals surface area contributed by atoms with Crippen molar-refractivity contribution in [1.29, 1.82) is 0 Å². The summed E-state index contributed by atoms with van der Waals surface area (Å²) in [5.74, 6) is 2.20. The van der Waals surface area contributed by atoms with Crippen LogP contribution in [0, 0.1) is 23.6 Å². The van der Waals surface area contributed by atoms with Gasteiger partial charge in [-0.15, -0.1) is 5.92 Å². The molecule has 2 heterocycles. The molecule has 35 heavy (non-hydrogen) atoms. The van der Waals surface area contributed by atoms with E-state index in [-0.39, 0.29) is 0 Å². The van der Waals surface area contributed by atoms with Crippen molar-refractivity contribution in [1.82, 2.24) is 9.55 Å². The molecule has 0 radical (unpaired) electrons. The predicted octanol–water partition coefficient (Wildman–Crippen LogP) is -0.0857. The van der Waals surface area contributed by atoms with E-state index in [2.05, 4.69) is 20.5 Å². The number of nitrogens with zero attached hydrogens (tertiary/aromatic N) is 1. The van der Waals surface area contributed by atoms with Crippen LogP contribution in [0.15, 0.2) is 15.8 Å². The summed E-state index contributed by atoms with van der Waals surface area (Å²) in [5, 5.41) is 9.93. The molecule has 0 aromatic carbocycles. The maximum absolute atomic E-state index is 13.9. The van der Waals surface area contributed by atoms with Crippen molar-refractivity contribution < 1.29 is 60.6 Å². The molecule has 0 aliphatic carbocycles. The molecule has 2 rings (SSSR count). The van der Waals surface area contributed by atoms with Crippen LogP contribution >= 0.6 is 35.1 Å². The Labute approximate surface area is 200 Å². The van der Waals surface area contributed by atoms with Gasteiger partial charge in [0.1, 0.15) is 0 Å². The highest BCUT2D eigenvalue weighted by Crippen LogP contribution is 2.67. The summed E-state index contributed by atoms with van der Waals surface area (Å²) in [7, 11) is -17.1. The molecule has 0 amide bonds. The van der Waals surface area contributed by atoms with Gasteiger partial charge in [0.05, 0.1) is 25.0 Å². The van der Waals surface area contributed by atoms with Crippen molar-refractivity contribution in [3.05, 3.63) is 32.9 Å². The first-order valence-electron chi connectivity index (χ1n) is 9.08. The summed E-state index contributed by atoms with van der Waals surface area (Å²) in [5.41, 5.74) is -2.52. The van der Waals surface area contributed by atoms with Gasteiger partial charge >= 0.3 is 29.2 Å². The molecule has 16 nitrogen and oxygen atoms in total. The summed E-state index contributed by atoms with van der Waals surface area (Å²) in [6, 6.07) is 0. The summed E-state index contributed by atoms with van der Waals surface area (Å²) >= 11 is 6.55. The van der Waals surface area contributed by atoms with Crippen LogP contribution in [0.4, 0.5) is 4.39 Å². The van der Waals surface area contributed by atoms with E-state index in [9.17, 15) is 42.6 Å². The third kappa shape index (κ3) is 7.18. The molecule has 7 atom stereocenters. The molecule has 4 unspecified atom stereocenters. The first kappa shape index (κ1) is 30.0.